The highest BCUT2D eigenvalue weighted by Crippen LogP contribution is 2.33. The third-order valence-electron chi connectivity index (χ3n) is 5.33. The van der Waals surface area contributed by atoms with E-state index in [-0.39, 0.29) is 11.5 Å². The monoisotopic (exact) mass is 523 g/mol. The van der Waals surface area contributed by atoms with Crippen molar-refractivity contribution in [1.29, 1.82) is 0 Å². The van der Waals surface area contributed by atoms with Crippen LogP contribution in [0.15, 0.2) is 83.8 Å². The predicted octanol–water partition coefficient (Wildman–Crippen LogP) is 5.20. The standard InChI is InChI=1S/C27H29N3O6S/c1-34-23-13-8-17(16-22(23)31)26(36-27(33)29-18-9-11-19(37-3)12-10-18)24(35-2)14-15-25(32)30-21-7-5-4-6-20(21)28/h4-16,24,26,31H,28H2,1-3H3,(H,29,33)(H,30,32)/b15-14+/t24-,26-/m1/s1. The second-order valence-corrected chi connectivity index (χ2v) is 8.63. The van der Waals surface area contributed by atoms with Crippen LogP contribution >= 0.6 is 11.8 Å². The van der Waals surface area contributed by atoms with Crippen LogP contribution in [0.5, 0.6) is 11.5 Å². The molecule has 0 aliphatic heterocycles. The van der Waals surface area contributed by atoms with Crippen LogP contribution < -0.4 is 21.1 Å². The molecule has 2 atom stereocenters. The van der Waals surface area contributed by atoms with Crippen LogP contribution in [0.1, 0.15) is 11.7 Å². The molecule has 0 radical (unpaired) electrons. The molecular weight excluding hydrogens is 494 g/mol. The predicted molar refractivity (Wildman–Crippen MR) is 145 cm³/mol. The van der Waals surface area contributed by atoms with E-state index < -0.39 is 24.2 Å². The number of phenols is 1. The van der Waals surface area contributed by atoms with E-state index in [1.807, 2.05) is 18.4 Å². The average molecular weight is 524 g/mol. The van der Waals surface area contributed by atoms with E-state index >= 15 is 0 Å². The SMILES string of the molecule is COc1ccc([C@@H](OC(=O)Nc2ccc(SC)cc2)[C@@H](/C=C/C(=O)Nc2ccccc2N)OC)cc1O. The second kappa shape index (κ2) is 13.2. The lowest BCUT2D eigenvalue weighted by Gasteiger charge is -2.25. The summed E-state index contributed by atoms with van der Waals surface area (Å²) in [5, 5.41) is 15.7. The quantitative estimate of drug-likeness (QED) is 0.162. The molecule has 0 unspecified atom stereocenters. The van der Waals surface area contributed by atoms with Gasteiger partial charge in [0.05, 0.1) is 18.5 Å². The smallest absolute Gasteiger partial charge is 0.412 e. The molecule has 0 saturated carbocycles. The van der Waals surface area contributed by atoms with Crippen molar-refractivity contribution < 1.29 is 28.9 Å². The summed E-state index contributed by atoms with van der Waals surface area (Å²) in [5.41, 5.74) is 7.74. The van der Waals surface area contributed by atoms with Gasteiger partial charge in [-0.25, -0.2) is 4.79 Å². The molecule has 0 heterocycles. The van der Waals surface area contributed by atoms with Gasteiger partial charge in [-0.2, -0.15) is 0 Å². The molecule has 0 spiro atoms. The number of nitrogen functional groups attached to an aromatic ring is 1. The first kappa shape index (κ1) is 27.4. The highest BCUT2D eigenvalue weighted by atomic mass is 32.2. The average Bonchev–Trinajstić information content (AvgIpc) is 2.90. The van der Waals surface area contributed by atoms with Crippen LogP contribution in [0.3, 0.4) is 0 Å². The summed E-state index contributed by atoms with van der Waals surface area (Å²) in [6, 6.07) is 18.7. The number of methoxy groups -OCH3 is 2. The van der Waals surface area contributed by atoms with Gasteiger partial charge in [-0.3, -0.25) is 10.1 Å². The Labute approximate surface area is 219 Å². The lowest BCUT2D eigenvalue weighted by molar-refractivity contribution is -0.112. The number of benzene rings is 3. The van der Waals surface area contributed by atoms with E-state index in [1.54, 1.807) is 60.3 Å². The molecular formula is C27H29N3O6S. The van der Waals surface area contributed by atoms with E-state index in [1.165, 1.54) is 32.4 Å². The Bertz CT molecular complexity index is 1250. The lowest BCUT2D eigenvalue weighted by atomic mass is 10.0. The van der Waals surface area contributed by atoms with Crippen LogP contribution in [0, 0.1) is 0 Å². The third-order valence-corrected chi connectivity index (χ3v) is 6.07. The molecule has 0 aliphatic carbocycles. The van der Waals surface area contributed by atoms with Gasteiger partial charge in [-0.15, -0.1) is 11.8 Å². The molecule has 9 nitrogen and oxygen atoms in total. The number of ether oxygens (including phenoxy) is 3. The van der Waals surface area contributed by atoms with Gasteiger partial charge in [0.25, 0.3) is 0 Å². The zero-order valence-electron chi connectivity index (χ0n) is 20.6. The summed E-state index contributed by atoms with van der Waals surface area (Å²) in [6.45, 7) is 0. The largest absolute Gasteiger partial charge is 0.504 e. The molecule has 0 aromatic heterocycles. The van der Waals surface area contributed by atoms with Gasteiger partial charge >= 0.3 is 6.09 Å². The van der Waals surface area contributed by atoms with E-state index in [0.29, 0.717) is 22.6 Å². The summed E-state index contributed by atoms with van der Waals surface area (Å²) in [6.07, 6.45) is 2.04. The molecule has 0 aliphatic rings. The van der Waals surface area contributed by atoms with Gasteiger partial charge in [-0.1, -0.05) is 18.2 Å². The van der Waals surface area contributed by atoms with Gasteiger partial charge in [0.1, 0.15) is 6.10 Å². The van der Waals surface area contributed by atoms with Crippen molar-refractivity contribution >= 4 is 40.8 Å². The molecule has 2 amide bonds. The summed E-state index contributed by atoms with van der Waals surface area (Å²) in [4.78, 5) is 26.4. The number of phenolic OH excluding ortho intramolecular Hbond substituents is 1. The minimum atomic E-state index is -1.02. The van der Waals surface area contributed by atoms with Crippen LogP contribution in [0.25, 0.3) is 0 Å². The van der Waals surface area contributed by atoms with Crippen molar-refractivity contribution in [2.45, 2.75) is 17.1 Å². The number of carbonyl (C=O) groups excluding carboxylic acids is 2. The van der Waals surface area contributed by atoms with Crippen molar-refractivity contribution in [3.05, 3.63) is 84.4 Å². The minimum Gasteiger partial charge on any atom is -0.504 e. The molecule has 0 fully saturated rings. The molecule has 0 bridgehead atoms. The number of amides is 2. The summed E-state index contributed by atoms with van der Waals surface area (Å²) in [7, 11) is 2.85. The number of nitrogens with two attached hydrogens (primary N) is 1. The molecule has 3 rings (SSSR count). The maximum Gasteiger partial charge on any atom is 0.412 e. The molecule has 3 aromatic carbocycles. The van der Waals surface area contributed by atoms with Gasteiger partial charge in [0.2, 0.25) is 5.91 Å². The highest BCUT2D eigenvalue weighted by molar-refractivity contribution is 7.98. The first-order valence-corrected chi connectivity index (χ1v) is 12.4. The summed E-state index contributed by atoms with van der Waals surface area (Å²) < 4.78 is 16.4. The minimum absolute atomic E-state index is 0.141. The van der Waals surface area contributed by atoms with E-state index in [4.69, 9.17) is 19.9 Å². The van der Waals surface area contributed by atoms with Crippen molar-refractivity contribution in [3.63, 3.8) is 0 Å². The number of rotatable bonds is 10. The Balaban J connectivity index is 1.82. The van der Waals surface area contributed by atoms with Crippen molar-refractivity contribution in [3.8, 4) is 11.5 Å². The number of hydrogen-bond acceptors (Lipinski definition) is 8. The third kappa shape index (κ3) is 7.66. The fourth-order valence-corrected chi connectivity index (χ4v) is 3.82. The molecule has 194 valence electrons. The summed E-state index contributed by atoms with van der Waals surface area (Å²) >= 11 is 1.58. The number of aromatic hydroxyl groups is 1. The molecule has 0 saturated heterocycles. The maximum atomic E-state index is 12.8. The zero-order chi connectivity index (χ0) is 26.8. The molecule has 37 heavy (non-hydrogen) atoms. The number of anilines is 3. The topological polar surface area (TPSA) is 132 Å². The van der Waals surface area contributed by atoms with Crippen LogP contribution in [0.2, 0.25) is 0 Å². The molecule has 10 heteroatoms. The maximum absolute atomic E-state index is 12.8. The van der Waals surface area contributed by atoms with E-state index in [2.05, 4.69) is 10.6 Å². The van der Waals surface area contributed by atoms with Crippen molar-refractivity contribution in [2.75, 3.05) is 36.8 Å². The first-order chi connectivity index (χ1) is 17.8. The normalized spacial score (nSPS) is 12.5. The van der Waals surface area contributed by atoms with Gasteiger partial charge in [0.15, 0.2) is 17.6 Å². The number of para-hydroxylation sites is 2. The van der Waals surface area contributed by atoms with Gasteiger partial charge in [0, 0.05) is 23.8 Å². The Hall–Kier alpha value is -4.15. The number of carbonyl (C=O) groups is 2. The molecule has 5 N–H and O–H groups in total. The zero-order valence-corrected chi connectivity index (χ0v) is 21.5. The number of nitrogens with one attached hydrogen (secondary N) is 2. The summed E-state index contributed by atoms with van der Waals surface area (Å²) in [5.74, 6) is -0.336. The van der Waals surface area contributed by atoms with Crippen molar-refractivity contribution in [2.24, 2.45) is 0 Å². The van der Waals surface area contributed by atoms with E-state index in [0.717, 1.165) is 4.90 Å². The second-order valence-electron chi connectivity index (χ2n) is 7.75. The van der Waals surface area contributed by atoms with Crippen LogP contribution in [-0.4, -0.2) is 43.7 Å². The van der Waals surface area contributed by atoms with Crippen LogP contribution in [-0.2, 0) is 14.3 Å². The number of thioether (sulfide) groups is 1. The highest BCUT2D eigenvalue weighted by Gasteiger charge is 2.27. The Morgan fingerprint density at radius 1 is 1.03 bits per heavy atom. The fourth-order valence-electron chi connectivity index (χ4n) is 3.42. The van der Waals surface area contributed by atoms with E-state index in [9.17, 15) is 14.7 Å². The van der Waals surface area contributed by atoms with Crippen molar-refractivity contribution in [1.82, 2.24) is 0 Å². The molecule has 3 aromatic rings. The van der Waals surface area contributed by atoms with Crippen LogP contribution in [0.4, 0.5) is 21.9 Å². The Morgan fingerprint density at radius 3 is 2.38 bits per heavy atom. The van der Waals surface area contributed by atoms with Gasteiger partial charge in [-0.05, 0) is 66.4 Å². The van der Waals surface area contributed by atoms with Gasteiger partial charge < -0.3 is 30.4 Å². The number of hydrogen-bond donors (Lipinski definition) is 4. The first-order valence-electron chi connectivity index (χ1n) is 11.2. The Morgan fingerprint density at radius 2 is 1.76 bits per heavy atom. The fraction of sp³-hybridized carbons (Fsp3) is 0.185. The Kier molecular flexibility index (Phi) is 9.82. The lowest BCUT2D eigenvalue weighted by Crippen LogP contribution is -2.27.